The van der Waals surface area contributed by atoms with Crippen molar-refractivity contribution in [3.63, 3.8) is 0 Å². The summed E-state index contributed by atoms with van der Waals surface area (Å²) in [5.74, 6) is -0.856. The summed E-state index contributed by atoms with van der Waals surface area (Å²) in [6.07, 6.45) is 3.30. The smallest absolute Gasteiger partial charge is 0.247 e. The molecule has 7 nitrogen and oxygen atoms in total. The van der Waals surface area contributed by atoms with Crippen molar-refractivity contribution in [2.45, 2.75) is 39.8 Å². The van der Waals surface area contributed by atoms with E-state index >= 15 is 0 Å². The van der Waals surface area contributed by atoms with Crippen LogP contribution < -0.4 is 10.1 Å². The number of hydrogen-bond acceptors (Lipinski definition) is 4. The Morgan fingerprint density at radius 3 is 2.55 bits per heavy atom. The lowest BCUT2D eigenvalue weighted by molar-refractivity contribution is -0.137. The van der Waals surface area contributed by atoms with Gasteiger partial charge in [-0.15, -0.1) is 0 Å². The van der Waals surface area contributed by atoms with E-state index in [2.05, 4.69) is 10.4 Å². The summed E-state index contributed by atoms with van der Waals surface area (Å²) in [5.41, 5.74) is -0.328. The van der Waals surface area contributed by atoms with Gasteiger partial charge in [0, 0.05) is 19.4 Å². The molecule has 0 saturated carbocycles. The molecule has 0 aliphatic carbocycles. The molecule has 1 aromatic heterocycles. The Bertz CT molecular complexity index is 818. The molecule has 0 bridgehead atoms. The van der Waals surface area contributed by atoms with Gasteiger partial charge < -0.3 is 15.0 Å². The van der Waals surface area contributed by atoms with Gasteiger partial charge in [-0.25, -0.2) is 4.39 Å². The molecule has 2 unspecified atom stereocenters. The fraction of sp³-hybridized carbons (Fsp3) is 0.476. The molecule has 2 rings (SSSR count). The van der Waals surface area contributed by atoms with E-state index in [9.17, 15) is 14.0 Å². The SMILES string of the molecule is CC(C(=O)N(C)CC(=O)NC(COc1ccccc1F)C(C)(C)C)n1cccn1. The second-order valence-electron chi connectivity index (χ2n) is 8.08. The summed E-state index contributed by atoms with van der Waals surface area (Å²) in [6, 6.07) is 6.99. The molecule has 29 heavy (non-hydrogen) atoms. The molecule has 1 aromatic carbocycles. The van der Waals surface area contributed by atoms with E-state index < -0.39 is 11.9 Å². The van der Waals surface area contributed by atoms with Crippen LogP contribution >= 0.6 is 0 Å². The summed E-state index contributed by atoms with van der Waals surface area (Å²) >= 11 is 0. The Morgan fingerprint density at radius 2 is 1.97 bits per heavy atom. The summed E-state index contributed by atoms with van der Waals surface area (Å²) in [7, 11) is 1.57. The van der Waals surface area contributed by atoms with Crippen molar-refractivity contribution < 1.29 is 18.7 Å². The number of likely N-dealkylation sites (N-methyl/N-ethyl adjacent to an activating group) is 1. The van der Waals surface area contributed by atoms with Crippen molar-refractivity contribution >= 4 is 11.8 Å². The van der Waals surface area contributed by atoms with Gasteiger partial charge in [0.05, 0.1) is 12.6 Å². The summed E-state index contributed by atoms with van der Waals surface area (Å²) < 4.78 is 20.9. The number of carbonyl (C=O) groups excluding carboxylic acids is 2. The normalized spacial score (nSPS) is 13.4. The number of hydrogen-bond donors (Lipinski definition) is 1. The van der Waals surface area contributed by atoms with Crippen molar-refractivity contribution in [2.24, 2.45) is 5.41 Å². The molecule has 158 valence electrons. The minimum Gasteiger partial charge on any atom is -0.488 e. The summed E-state index contributed by atoms with van der Waals surface area (Å²) in [6.45, 7) is 7.60. The molecule has 0 spiro atoms. The Hall–Kier alpha value is -2.90. The molecular weight excluding hydrogens is 375 g/mol. The average molecular weight is 404 g/mol. The Labute approximate surface area is 170 Å². The zero-order chi connectivity index (χ0) is 21.6. The molecule has 0 radical (unpaired) electrons. The van der Waals surface area contributed by atoms with E-state index in [1.165, 1.54) is 15.6 Å². The first-order chi connectivity index (χ1) is 13.6. The van der Waals surface area contributed by atoms with Gasteiger partial charge >= 0.3 is 0 Å². The molecular formula is C21H29FN4O3. The largest absolute Gasteiger partial charge is 0.488 e. The molecule has 1 heterocycles. The van der Waals surface area contributed by atoms with Crippen LogP contribution in [0.5, 0.6) is 5.75 Å². The number of rotatable bonds is 8. The maximum atomic E-state index is 13.8. The Balaban J connectivity index is 1.95. The monoisotopic (exact) mass is 404 g/mol. The van der Waals surface area contributed by atoms with Gasteiger partial charge in [-0.3, -0.25) is 14.3 Å². The summed E-state index contributed by atoms with van der Waals surface area (Å²) in [4.78, 5) is 26.4. The number of ether oxygens (including phenoxy) is 1. The van der Waals surface area contributed by atoms with Gasteiger partial charge in [-0.2, -0.15) is 5.10 Å². The molecule has 0 aliphatic rings. The standard InChI is InChI=1S/C21H29FN4O3/c1-15(26-12-8-11-23-26)20(28)25(5)13-19(27)24-18(21(2,3)4)14-29-17-10-7-6-9-16(17)22/h6-12,15,18H,13-14H2,1-5H3,(H,24,27). The third-order valence-corrected chi connectivity index (χ3v) is 4.66. The predicted molar refractivity (Wildman–Crippen MR) is 108 cm³/mol. The second kappa shape index (κ2) is 9.54. The number of nitrogens with zero attached hydrogens (tertiary/aromatic N) is 3. The van der Waals surface area contributed by atoms with E-state index in [0.29, 0.717) is 0 Å². The number of aromatic nitrogens is 2. The van der Waals surface area contributed by atoms with Crippen molar-refractivity contribution in [2.75, 3.05) is 20.2 Å². The van der Waals surface area contributed by atoms with Crippen LogP contribution in [0.2, 0.25) is 0 Å². The predicted octanol–water partition coefficient (Wildman–Crippen LogP) is 2.65. The molecule has 0 fully saturated rings. The highest BCUT2D eigenvalue weighted by Crippen LogP contribution is 2.22. The lowest BCUT2D eigenvalue weighted by Gasteiger charge is -2.32. The van der Waals surface area contributed by atoms with Crippen LogP contribution in [0.3, 0.4) is 0 Å². The maximum Gasteiger partial charge on any atom is 0.247 e. The van der Waals surface area contributed by atoms with Gasteiger partial charge in [0.1, 0.15) is 12.6 Å². The van der Waals surface area contributed by atoms with E-state index in [0.717, 1.165) is 0 Å². The molecule has 2 amide bonds. The molecule has 1 N–H and O–H groups in total. The molecule has 0 aliphatic heterocycles. The molecule has 2 atom stereocenters. The Morgan fingerprint density at radius 1 is 1.28 bits per heavy atom. The zero-order valence-corrected chi connectivity index (χ0v) is 17.6. The first-order valence-corrected chi connectivity index (χ1v) is 9.50. The van der Waals surface area contributed by atoms with E-state index in [1.54, 1.807) is 50.6 Å². The van der Waals surface area contributed by atoms with Crippen molar-refractivity contribution in [1.29, 1.82) is 0 Å². The van der Waals surface area contributed by atoms with Gasteiger partial charge in [0.2, 0.25) is 11.8 Å². The molecule has 2 aromatic rings. The van der Waals surface area contributed by atoms with Crippen LogP contribution in [-0.2, 0) is 9.59 Å². The zero-order valence-electron chi connectivity index (χ0n) is 17.6. The van der Waals surface area contributed by atoms with Crippen molar-refractivity contribution in [3.8, 4) is 5.75 Å². The fourth-order valence-electron chi connectivity index (χ4n) is 2.72. The van der Waals surface area contributed by atoms with Crippen LogP contribution in [0, 0.1) is 11.2 Å². The number of carbonyl (C=O) groups is 2. The van der Waals surface area contributed by atoms with E-state index in [1.807, 2.05) is 20.8 Å². The third-order valence-electron chi connectivity index (χ3n) is 4.66. The highest BCUT2D eigenvalue weighted by atomic mass is 19.1. The quantitative estimate of drug-likeness (QED) is 0.734. The second-order valence-corrected chi connectivity index (χ2v) is 8.08. The number of amides is 2. The van der Waals surface area contributed by atoms with Crippen LogP contribution in [0.25, 0.3) is 0 Å². The van der Waals surface area contributed by atoms with Gasteiger partial charge in [0.25, 0.3) is 0 Å². The topological polar surface area (TPSA) is 76.5 Å². The van der Waals surface area contributed by atoms with Crippen LogP contribution in [0.1, 0.15) is 33.7 Å². The van der Waals surface area contributed by atoms with E-state index in [-0.39, 0.29) is 42.2 Å². The highest BCUT2D eigenvalue weighted by molar-refractivity contribution is 5.86. The Kier molecular flexibility index (Phi) is 7.36. The van der Waals surface area contributed by atoms with Gasteiger partial charge in [0.15, 0.2) is 11.6 Å². The lowest BCUT2D eigenvalue weighted by atomic mass is 9.87. The minimum absolute atomic E-state index is 0.100. The van der Waals surface area contributed by atoms with E-state index in [4.69, 9.17) is 4.74 Å². The molecule has 0 saturated heterocycles. The number of halogens is 1. The number of para-hydroxylation sites is 1. The lowest BCUT2D eigenvalue weighted by Crippen LogP contribution is -2.51. The third kappa shape index (κ3) is 6.30. The summed E-state index contributed by atoms with van der Waals surface area (Å²) in [5, 5.41) is 6.96. The molecule has 8 heteroatoms. The van der Waals surface area contributed by atoms with Crippen molar-refractivity contribution in [3.05, 3.63) is 48.5 Å². The van der Waals surface area contributed by atoms with Crippen LogP contribution in [-0.4, -0.2) is 52.7 Å². The van der Waals surface area contributed by atoms with Gasteiger partial charge in [-0.1, -0.05) is 32.9 Å². The first-order valence-electron chi connectivity index (χ1n) is 9.50. The van der Waals surface area contributed by atoms with Gasteiger partial charge in [-0.05, 0) is 30.5 Å². The minimum atomic E-state index is -0.509. The number of benzene rings is 1. The maximum absolute atomic E-state index is 13.8. The first kappa shape index (κ1) is 22.4. The average Bonchev–Trinajstić information content (AvgIpc) is 3.18. The van der Waals surface area contributed by atoms with Crippen LogP contribution in [0.15, 0.2) is 42.7 Å². The fourth-order valence-corrected chi connectivity index (χ4v) is 2.72. The highest BCUT2D eigenvalue weighted by Gasteiger charge is 2.29. The van der Waals surface area contributed by atoms with Crippen molar-refractivity contribution in [1.82, 2.24) is 20.0 Å². The number of nitrogens with one attached hydrogen (secondary N) is 1. The van der Waals surface area contributed by atoms with Crippen LogP contribution in [0.4, 0.5) is 4.39 Å².